The zero-order valence-corrected chi connectivity index (χ0v) is 15.0. The molecular weight excluding hydrogens is 302 g/mol. The zero-order valence-electron chi connectivity index (χ0n) is 15.0. The molecule has 2 heterocycles. The first-order valence-electron chi connectivity index (χ1n) is 8.97. The minimum atomic E-state index is 0.251. The van der Waals surface area contributed by atoms with Crippen LogP contribution in [0.3, 0.4) is 0 Å². The highest BCUT2D eigenvalue weighted by Crippen LogP contribution is 2.13. The van der Waals surface area contributed by atoms with Gasteiger partial charge < -0.3 is 9.64 Å². The monoisotopic (exact) mass is 331 g/mol. The van der Waals surface area contributed by atoms with Gasteiger partial charge in [0.1, 0.15) is 0 Å². The fourth-order valence-corrected chi connectivity index (χ4v) is 3.63. The third-order valence-electron chi connectivity index (χ3n) is 4.88. The van der Waals surface area contributed by atoms with Crippen molar-refractivity contribution in [1.29, 1.82) is 0 Å². The lowest BCUT2D eigenvalue weighted by Gasteiger charge is -2.36. The van der Waals surface area contributed by atoms with Crippen molar-refractivity contribution in [2.24, 2.45) is 0 Å². The standard InChI is InChI=1S/C19H29N3O2/c1-16-11-17(2)13-18(12-16)14-20-3-5-21(6-4-20)15-19(23)22-7-9-24-10-8-22/h11-13H,3-10,14-15H2,1-2H3. The third kappa shape index (κ3) is 4.79. The molecule has 5 nitrogen and oxygen atoms in total. The van der Waals surface area contributed by atoms with Crippen LogP contribution in [-0.2, 0) is 16.1 Å². The fourth-order valence-electron chi connectivity index (χ4n) is 3.63. The number of carbonyl (C=O) groups is 1. The second kappa shape index (κ2) is 8.10. The summed E-state index contributed by atoms with van der Waals surface area (Å²) in [4.78, 5) is 19.0. The number of aryl methyl sites for hydroxylation is 2. The molecule has 0 N–H and O–H groups in total. The topological polar surface area (TPSA) is 36.0 Å². The van der Waals surface area contributed by atoms with E-state index in [-0.39, 0.29) is 5.91 Å². The number of amides is 1. The van der Waals surface area contributed by atoms with E-state index in [0.29, 0.717) is 19.8 Å². The average molecular weight is 331 g/mol. The van der Waals surface area contributed by atoms with E-state index in [2.05, 4.69) is 41.8 Å². The highest BCUT2D eigenvalue weighted by Gasteiger charge is 2.22. The summed E-state index contributed by atoms with van der Waals surface area (Å²) in [6.45, 7) is 12.7. The van der Waals surface area contributed by atoms with Crippen molar-refractivity contribution < 1.29 is 9.53 Å². The van der Waals surface area contributed by atoms with Gasteiger partial charge in [0.25, 0.3) is 0 Å². The zero-order chi connectivity index (χ0) is 16.9. The molecule has 2 aliphatic rings. The summed E-state index contributed by atoms with van der Waals surface area (Å²) in [5.74, 6) is 0.251. The summed E-state index contributed by atoms with van der Waals surface area (Å²) in [7, 11) is 0. The van der Waals surface area contributed by atoms with Gasteiger partial charge in [-0.05, 0) is 19.4 Å². The lowest BCUT2D eigenvalue weighted by atomic mass is 10.1. The molecule has 2 saturated heterocycles. The minimum Gasteiger partial charge on any atom is -0.378 e. The van der Waals surface area contributed by atoms with E-state index >= 15 is 0 Å². The SMILES string of the molecule is Cc1cc(C)cc(CN2CCN(CC(=O)N3CCOCC3)CC2)c1. The molecule has 2 fully saturated rings. The summed E-state index contributed by atoms with van der Waals surface area (Å²) in [6.07, 6.45) is 0. The number of hydrogen-bond donors (Lipinski definition) is 0. The van der Waals surface area contributed by atoms with E-state index in [1.54, 1.807) is 0 Å². The van der Waals surface area contributed by atoms with Crippen molar-refractivity contribution in [3.8, 4) is 0 Å². The van der Waals surface area contributed by atoms with Gasteiger partial charge >= 0.3 is 0 Å². The molecule has 1 aromatic rings. The number of morpholine rings is 1. The minimum absolute atomic E-state index is 0.251. The van der Waals surface area contributed by atoms with Crippen LogP contribution < -0.4 is 0 Å². The molecule has 0 spiro atoms. The molecule has 3 rings (SSSR count). The van der Waals surface area contributed by atoms with Crippen molar-refractivity contribution in [2.75, 3.05) is 59.0 Å². The van der Waals surface area contributed by atoms with Crippen molar-refractivity contribution in [3.05, 3.63) is 34.9 Å². The Hall–Kier alpha value is -1.43. The summed E-state index contributed by atoms with van der Waals surface area (Å²) in [5.41, 5.74) is 4.06. The first kappa shape index (κ1) is 17.4. The maximum absolute atomic E-state index is 12.3. The number of ether oxygens (including phenoxy) is 1. The normalized spacial score (nSPS) is 20.3. The molecule has 0 aliphatic carbocycles. The summed E-state index contributed by atoms with van der Waals surface area (Å²) in [6, 6.07) is 6.78. The van der Waals surface area contributed by atoms with Crippen molar-refractivity contribution in [1.82, 2.24) is 14.7 Å². The maximum atomic E-state index is 12.3. The number of benzene rings is 1. The number of carbonyl (C=O) groups excluding carboxylic acids is 1. The maximum Gasteiger partial charge on any atom is 0.236 e. The average Bonchev–Trinajstić information content (AvgIpc) is 2.56. The summed E-state index contributed by atoms with van der Waals surface area (Å²) < 4.78 is 5.31. The Morgan fingerprint density at radius 2 is 1.50 bits per heavy atom. The van der Waals surface area contributed by atoms with Crippen LogP contribution in [0.2, 0.25) is 0 Å². The molecule has 132 valence electrons. The van der Waals surface area contributed by atoms with Gasteiger partial charge in [0.05, 0.1) is 19.8 Å². The molecule has 1 aromatic carbocycles. The van der Waals surface area contributed by atoms with Crippen LogP contribution >= 0.6 is 0 Å². The Labute approximate surface area is 145 Å². The quantitative estimate of drug-likeness (QED) is 0.833. The van der Waals surface area contributed by atoms with Gasteiger partial charge in [-0.3, -0.25) is 14.6 Å². The molecular formula is C19H29N3O2. The number of rotatable bonds is 4. The van der Waals surface area contributed by atoms with Crippen molar-refractivity contribution >= 4 is 5.91 Å². The fraction of sp³-hybridized carbons (Fsp3) is 0.632. The van der Waals surface area contributed by atoms with Crippen LogP contribution in [-0.4, -0.2) is 79.6 Å². The summed E-state index contributed by atoms with van der Waals surface area (Å²) >= 11 is 0. The highest BCUT2D eigenvalue weighted by atomic mass is 16.5. The van der Waals surface area contributed by atoms with Crippen LogP contribution in [0.1, 0.15) is 16.7 Å². The van der Waals surface area contributed by atoms with Gasteiger partial charge in [-0.2, -0.15) is 0 Å². The van der Waals surface area contributed by atoms with Gasteiger partial charge in [0.2, 0.25) is 5.91 Å². The second-order valence-electron chi connectivity index (χ2n) is 7.04. The third-order valence-corrected chi connectivity index (χ3v) is 4.88. The van der Waals surface area contributed by atoms with E-state index < -0.39 is 0 Å². The Morgan fingerprint density at radius 1 is 0.917 bits per heavy atom. The number of hydrogen-bond acceptors (Lipinski definition) is 4. The Bertz CT molecular complexity index is 541. The van der Waals surface area contributed by atoms with Crippen LogP contribution in [0.5, 0.6) is 0 Å². The molecule has 0 radical (unpaired) electrons. The molecule has 0 aromatic heterocycles. The van der Waals surface area contributed by atoms with E-state index in [1.807, 2.05) is 4.90 Å². The van der Waals surface area contributed by atoms with Gasteiger partial charge in [0, 0.05) is 45.8 Å². The van der Waals surface area contributed by atoms with Gasteiger partial charge in [-0.1, -0.05) is 29.3 Å². The summed E-state index contributed by atoms with van der Waals surface area (Å²) in [5, 5.41) is 0. The Kier molecular flexibility index (Phi) is 5.87. The van der Waals surface area contributed by atoms with Gasteiger partial charge in [-0.15, -0.1) is 0 Å². The molecule has 0 atom stereocenters. The molecule has 0 bridgehead atoms. The first-order valence-corrected chi connectivity index (χ1v) is 8.97. The van der Waals surface area contributed by atoms with Gasteiger partial charge in [-0.25, -0.2) is 0 Å². The highest BCUT2D eigenvalue weighted by molar-refractivity contribution is 5.78. The largest absolute Gasteiger partial charge is 0.378 e. The van der Waals surface area contributed by atoms with E-state index in [0.717, 1.165) is 45.8 Å². The molecule has 1 amide bonds. The Balaban J connectivity index is 1.44. The molecule has 5 heteroatoms. The molecule has 0 saturated carbocycles. The number of piperazine rings is 1. The molecule has 2 aliphatic heterocycles. The van der Waals surface area contributed by atoms with Crippen molar-refractivity contribution in [3.63, 3.8) is 0 Å². The number of nitrogens with zero attached hydrogens (tertiary/aromatic N) is 3. The van der Waals surface area contributed by atoms with Crippen LogP contribution in [0, 0.1) is 13.8 Å². The van der Waals surface area contributed by atoms with Crippen LogP contribution in [0.25, 0.3) is 0 Å². The van der Waals surface area contributed by atoms with E-state index in [4.69, 9.17) is 4.74 Å². The second-order valence-corrected chi connectivity index (χ2v) is 7.04. The molecule has 24 heavy (non-hydrogen) atoms. The lowest BCUT2D eigenvalue weighted by molar-refractivity contribution is -0.136. The predicted molar refractivity (Wildman–Crippen MR) is 95.0 cm³/mol. The first-order chi connectivity index (χ1) is 11.6. The molecule has 0 unspecified atom stereocenters. The smallest absolute Gasteiger partial charge is 0.236 e. The van der Waals surface area contributed by atoms with Crippen LogP contribution in [0.4, 0.5) is 0 Å². The van der Waals surface area contributed by atoms with Crippen molar-refractivity contribution in [2.45, 2.75) is 20.4 Å². The van der Waals surface area contributed by atoms with Gasteiger partial charge in [0.15, 0.2) is 0 Å². The lowest BCUT2D eigenvalue weighted by Crippen LogP contribution is -2.51. The van der Waals surface area contributed by atoms with E-state index in [9.17, 15) is 4.79 Å². The Morgan fingerprint density at radius 3 is 2.12 bits per heavy atom. The van der Waals surface area contributed by atoms with E-state index in [1.165, 1.54) is 16.7 Å². The predicted octanol–water partition coefficient (Wildman–Crippen LogP) is 1.28. The van der Waals surface area contributed by atoms with Crippen LogP contribution in [0.15, 0.2) is 18.2 Å².